The number of anilines is 1. The van der Waals surface area contributed by atoms with Crippen molar-refractivity contribution in [1.29, 1.82) is 0 Å². The molecule has 1 fully saturated rings. The van der Waals surface area contributed by atoms with Crippen LogP contribution in [0.25, 0.3) is 16.9 Å². The van der Waals surface area contributed by atoms with Gasteiger partial charge in [0.15, 0.2) is 5.82 Å². The van der Waals surface area contributed by atoms with Gasteiger partial charge in [-0.25, -0.2) is 9.48 Å². The second-order valence-electron chi connectivity index (χ2n) is 8.98. The number of aromatic hydroxyl groups is 1. The van der Waals surface area contributed by atoms with Crippen molar-refractivity contribution in [1.82, 2.24) is 24.9 Å². The predicted molar refractivity (Wildman–Crippen MR) is 120 cm³/mol. The van der Waals surface area contributed by atoms with Gasteiger partial charge >= 0.3 is 6.09 Å². The first-order valence-corrected chi connectivity index (χ1v) is 10.7. The number of nitrogen functional groups attached to an aromatic ring is 1. The number of nitrogens with zero attached hydrogens (tertiary/aromatic N) is 5. The zero-order valence-electron chi connectivity index (χ0n) is 18.5. The van der Waals surface area contributed by atoms with E-state index in [4.69, 9.17) is 10.5 Å². The maximum atomic E-state index is 12.3. The van der Waals surface area contributed by atoms with Crippen molar-refractivity contribution in [3.05, 3.63) is 48.3 Å². The molecule has 32 heavy (non-hydrogen) atoms. The minimum absolute atomic E-state index is 0.121. The first-order valence-electron chi connectivity index (χ1n) is 10.7. The number of piperidine rings is 1. The molecule has 1 aliphatic rings. The van der Waals surface area contributed by atoms with Gasteiger partial charge in [0, 0.05) is 24.8 Å². The Kier molecular flexibility index (Phi) is 5.73. The number of carbonyl (C=O) groups excluding carboxylic acids is 1. The molecule has 0 spiro atoms. The van der Waals surface area contributed by atoms with E-state index in [1.54, 1.807) is 33.8 Å². The average molecular weight is 437 g/mol. The molecule has 168 valence electrons. The van der Waals surface area contributed by atoms with E-state index in [1.807, 2.05) is 39.2 Å². The molecular weight excluding hydrogens is 408 g/mol. The molecule has 9 heteroatoms. The minimum atomic E-state index is -0.497. The summed E-state index contributed by atoms with van der Waals surface area (Å²) in [6.07, 6.45) is 5.17. The minimum Gasteiger partial charge on any atom is -0.507 e. The lowest BCUT2D eigenvalue weighted by Crippen LogP contribution is -2.41. The van der Waals surface area contributed by atoms with Crippen LogP contribution in [-0.4, -0.2) is 54.8 Å². The van der Waals surface area contributed by atoms with E-state index >= 15 is 0 Å². The van der Waals surface area contributed by atoms with Crippen molar-refractivity contribution >= 4 is 11.9 Å². The van der Waals surface area contributed by atoms with Gasteiger partial charge in [-0.3, -0.25) is 0 Å². The van der Waals surface area contributed by atoms with Crippen molar-refractivity contribution in [3.63, 3.8) is 0 Å². The zero-order valence-corrected chi connectivity index (χ0v) is 18.5. The van der Waals surface area contributed by atoms with Crippen molar-refractivity contribution < 1.29 is 14.6 Å². The molecule has 2 aromatic heterocycles. The van der Waals surface area contributed by atoms with Crippen LogP contribution in [0.4, 0.5) is 10.6 Å². The number of phenols is 1. The normalized spacial score (nSPS) is 15.0. The number of hydrogen-bond donors (Lipinski definition) is 2. The number of rotatable bonds is 3. The van der Waals surface area contributed by atoms with Gasteiger partial charge in [0.05, 0.1) is 11.9 Å². The molecule has 3 N–H and O–H groups in total. The number of para-hydroxylation sites is 1. The van der Waals surface area contributed by atoms with Crippen LogP contribution in [0.15, 0.2) is 42.7 Å². The van der Waals surface area contributed by atoms with E-state index in [2.05, 4.69) is 15.3 Å². The highest BCUT2D eigenvalue weighted by atomic mass is 16.6. The van der Waals surface area contributed by atoms with Crippen molar-refractivity contribution in [2.24, 2.45) is 0 Å². The van der Waals surface area contributed by atoms with E-state index in [0.29, 0.717) is 30.0 Å². The largest absolute Gasteiger partial charge is 0.507 e. The maximum Gasteiger partial charge on any atom is 0.410 e. The van der Waals surface area contributed by atoms with Crippen molar-refractivity contribution in [3.8, 4) is 22.7 Å². The van der Waals surface area contributed by atoms with Crippen LogP contribution in [0.2, 0.25) is 0 Å². The Morgan fingerprint density at radius 3 is 2.59 bits per heavy atom. The molecule has 0 atom stereocenters. The molecule has 1 aliphatic heterocycles. The molecule has 1 saturated heterocycles. The number of amides is 1. The third-order valence-electron chi connectivity index (χ3n) is 5.45. The summed E-state index contributed by atoms with van der Waals surface area (Å²) in [7, 11) is 0. The van der Waals surface area contributed by atoms with E-state index in [9.17, 15) is 9.90 Å². The summed E-state index contributed by atoms with van der Waals surface area (Å²) in [6, 6.07) is 8.70. The molecule has 3 aromatic rings. The van der Waals surface area contributed by atoms with E-state index < -0.39 is 5.60 Å². The second-order valence-corrected chi connectivity index (χ2v) is 8.98. The molecule has 1 aromatic carbocycles. The summed E-state index contributed by atoms with van der Waals surface area (Å²) in [5.41, 5.74) is 8.33. The molecule has 0 bridgehead atoms. The van der Waals surface area contributed by atoms with Crippen LogP contribution >= 0.6 is 0 Å². The number of ether oxygens (including phenoxy) is 1. The molecule has 3 heterocycles. The van der Waals surface area contributed by atoms with Crippen LogP contribution in [-0.2, 0) is 4.74 Å². The summed E-state index contributed by atoms with van der Waals surface area (Å²) in [6.45, 7) is 6.89. The number of benzene rings is 1. The topological polar surface area (TPSA) is 119 Å². The van der Waals surface area contributed by atoms with Crippen LogP contribution < -0.4 is 5.73 Å². The Hall–Kier alpha value is -3.62. The quantitative estimate of drug-likeness (QED) is 0.642. The number of nitrogens with two attached hydrogens (primary N) is 1. The highest BCUT2D eigenvalue weighted by Gasteiger charge is 2.28. The van der Waals surface area contributed by atoms with Gasteiger partial charge in [0.1, 0.15) is 17.0 Å². The number of aromatic nitrogens is 4. The van der Waals surface area contributed by atoms with Crippen LogP contribution in [0.5, 0.6) is 5.75 Å². The molecule has 0 aliphatic carbocycles. The van der Waals surface area contributed by atoms with E-state index in [1.165, 1.54) is 0 Å². The molecule has 4 rings (SSSR count). The van der Waals surface area contributed by atoms with Gasteiger partial charge in [-0.2, -0.15) is 5.10 Å². The van der Waals surface area contributed by atoms with Gasteiger partial charge in [0.25, 0.3) is 0 Å². The fourth-order valence-corrected chi connectivity index (χ4v) is 3.80. The summed E-state index contributed by atoms with van der Waals surface area (Å²) < 4.78 is 7.16. The molecule has 0 radical (unpaired) electrons. The number of phenolic OH excluding ortho intramolecular Hbond substituents is 1. The first kappa shape index (κ1) is 21.6. The summed E-state index contributed by atoms with van der Waals surface area (Å²) in [5.74, 6) is 0.657. The molecular formula is C23H28N6O3. The average Bonchev–Trinajstić information content (AvgIpc) is 3.23. The lowest BCUT2D eigenvalue weighted by molar-refractivity contribution is 0.0205. The summed E-state index contributed by atoms with van der Waals surface area (Å²) in [5, 5.41) is 22.8. The number of likely N-dealkylation sites (tertiary alicyclic amines) is 1. The number of carbonyl (C=O) groups is 1. The maximum absolute atomic E-state index is 12.3. The van der Waals surface area contributed by atoms with Crippen molar-refractivity contribution in [2.75, 3.05) is 18.8 Å². The fourth-order valence-electron chi connectivity index (χ4n) is 3.80. The Morgan fingerprint density at radius 1 is 1.19 bits per heavy atom. The smallest absolute Gasteiger partial charge is 0.410 e. The third-order valence-corrected chi connectivity index (χ3v) is 5.45. The van der Waals surface area contributed by atoms with Gasteiger partial charge in [-0.1, -0.05) is 12.1 Å². The molecule has 0 saturated carbocycles. The van der Waals surface area contributed by atoms with Gasteiger partial charge in [0.2, 0.25) is 0 Å². The monoisotopic (exact) mass is 436 g/mol. The summed E-state index contributed by atoms with van der Waals surface area (Å²) >= 11 is 0. The Morgan fingerprint density at radius 2 is 1.91 bits per heavy atom. The predicted octanol–water partition coefficient (Wildman–Crippen LogP) is 3.73. The zero-order chi connectivity index (χ0) is 22.9. The lowest BCUT2D eigenvalue weighted by atomic mass is 9.92. The molecule has 1 amide bonds. The Balaban J connectivity index is 1.49. The first-order chi connectivity index (χ1) is 15.2. The SMILES string of the molecule is CC(C)(C)OC(=O)N1CCC(c2cnn(-c3cc(-c4ccccc4O)nnc3N)c2)CC1. The molecule has 9 nitrogen and oxygen atoms in total. The standard InChI is InChI=1S/C23H28N6O3/c1-23(2,3)32-22(31)28-10-8-15(9-11-28)16-13-25-29(14-16)19-12-18(26-27-21(19)24)17-6-4-5-7-20(17)30/h4-7,12-15,30H,8-11H2,1-3H3,(H2,24,27). The van der Waals surface area contributed by atoms with Crippen molar-refractivity contribution in [2.45, 2.75) is 45.1 Å². The third kappa shape index (κ3) is 4.66. The highest BCUT2D eigenvalue weighted by Crippen LogP contribution is 2.31. The Labute approximate surface area is 186 Å². The van der Waals surface area contributed by atoms with E-state index in [-0.39, 0.29) is 23.6 Å². The van der Waals surface area contributed by atoms with Crippen LogP contribution in [0.3, 0.4) is 0 Å². The fraction of sp³-hybridized carbons (Fsp3) is 0.391. The van der Waals surface area contributed by atoms with Gasteiger partial charge < -0.3 is 20.5 Å². The van der Waals surface area contributed by atoms with Gasteiger partial charge in [-0.05, 0) is 63.3 Å². The molecule has 0 unspecified atom stereocenters. The lowest BCUT2D eigenvalue weighted by Gasteiger charge is -2.33. The number of hydrogen-bond acceptors (Lipinski definition) is 7. The van der Waals surface area contributed by atoms with Gasteiger partial charge in [-0.15, -0.1) is 10.2 Å². The van der Waals surface area contributed by atoms with Crippen LogP contribution in [0, 0.1) is 0 Å². The second kappa shape index (κ2) is 8.49. The highest BCUT2D eigenvalue weighted by molar-refractivity contribution is 5.70. The summed E-state index contributed by atoms with van der Waals surface area (Å²) in [4.78, 5) is 14.1. The van der Waals surface area contributed by atoms with E-state index in [0.717, 1.165) is 18.4 Å². The van der Waals surface area contributed by atoms with Crippen LogP contribution in [0.1, 0.15) is 45.1 Å². The Bertz CT molecular complexity index is 1110.